The van der Waals surface area contributed by atoms with Gasteiger partial charge in [0.1, 0.15) is 5.69 Å². The number of hydrogen-bond acceptors (Lipinski definition) is 4. The average molecular weight is 347 g/mol. The number of methoxy groups -OCH3 is 1. The summed E-state index contributed by atoms with van der Waals surface area (Å²) >= 11 is 3.39. The summed E-state index contributed by atoms with van der Waals surface area (Å²) in [4.78, 5) is 11.7. The number of nitrogens with zero attached hydrogens (tertiary/aromatic N) is 2. The van der Waals surface area contributed by atoms with Crippen molar-refractivity contribution < 1.29 is 13.9 Å². The van der Waals surface area contributed by atoms with Gasteiger partial charge in [-0.2, -0.15) is 5.10 Å². The first-order chi connectivity index (χ1) is 10.2. The van der Waals surface area contributed by atoms with E-state index >= 15 is 0 Å². The Hall–Kier alpha value is -2.34. The van der Waals surface area contributed by atoms with Crippen LogP contribution in [0.2, 0.25) is 0 Å². The van der Waals surface area contributed by atoms with Crippen LogP contribution in [0.25, 0.3) is 17.1 Å². The van der Waals surface area contributed by atoms with Crippen molar-refractivity contribution in [2.45, 2.75) is 0 Å². The van der Waals surface area contributed by atoms with Crippen molar-refractivity contribution in [3.8, 4) is 17.1 Å². The van der Waals surface area contributed by atoms with E-state index < -0.39 is 5.97 Å². The van der Waals surface area contributed by atoms with Crippen molar-refractivity contribution in [2.75, 3.05) is 7.11 Å². The first-order valence-electron chi connectivity index (χ1n) is 6.17. The van der Waals surface area contributed by atoms with E-state index in [1.54, 1.807) is 23.1 Å². The number of halogens is 1. The van der Waals surface area contributed by atoms with Crippen LogP contribution in [0.3, 0.4) is 0 Å². The summed E-state index contributed by atoms with van der Waals surface area (Å²) in [7, 11) is 1.33. The summed E-state index contributed by atoms with van der Waals surface area (Å²) in [5.41, 5.74) is 1.73. The molecule has 0 saturated carbocycles. The van der Waals surface area contributed by atoms with Crippen molar-refractivity contribution in [1.29, 1.82) is 0 Å². The van der Waals surface area contributed by atoms with Gasteiger partial charge in [0.25, 0.3) is 0 Å². The standard InChI is InChI=1S/C15H11BrN2O3/c1-20-15(19)12-9-13(14-3-2-8-21-14)18(17-12)11-6-4-10(16)5-7-11/h2-9H,1H3. The Balaban J connectivity index is 2.15. The van der Waals surface area contributed by atoms with E-state index in [2.05, 4.69) is 21.0 Å². The minimum atomic E-state index is -0.487. The molecule has 5 nitrogen and oxygen atoms in total. The topological polar surface area (TPSA) is 57.3 Å². The highest BCUT2D eigenvalue weighted by molar-refractivity contribution is 9.10. The van der Waals surface area contributed by atoms with Crippen LogP contribution in [0.15, 0.2) is 57.6 Å². The van der Waals surface area contributed by atoms with Crippen LogP contribution in [-0.4, -0.2) is 22.9 Å². The number of carbonyl (C=O) groups excluding carboxylic acids is 1. The highest BCUT2D eigenvalue weighted by atomic mass is 79.9. The van der Waals surface area contributed by atoms with Crippen LogP contribution in [0.1, 0.15) is 10.5 Å². The molecule has 6 heteroatoms. The summed E-state index contributed by atoms with van der Waals surface area (Å²) in [5, 5.41) is 4.30. The molecule has 0 atom stereocenters. The van der Waals surface area contributed by atoms with Crippen LogP contribution in [-0.2, 0) is 4.74 Å². The molecule has 0 saturated heterocycles. The summed E-state index contributed by atoms with van der Waals surface area (Å²) in [6.07, 6.45) is 1.58. The van der Waals surface area contributed by atoms with Crippen molar-refractivity contribution >= 4 is 21.9 Å². The molecule has 106 valence electrons. The molecule has 0 spiro atoms. The number of benzene rings is 1. The molecule has 3 rings (SSSR count). The maximum atomic E-state index is 11.7. The molecule has 0 amide bonds. The predicted octanol–water partition coefficient (Wildman–Crippen LogP) is 3.68. The fourth-order valence-corrected chi connectivity index (χ4v) is 2.23. The molecular formula is C15H11BrN2O3. The molecule has 21 heavy (non-hydrogen) atoms. The number of ether oxygens (including phenoxy) is 1. The van der Waals surface area contributed by atoms with Gasteiger partial charge in [0.05, 0.1) is 19.1 Å². The lowest BCUT2D eigenvalue weighted by Gasteiger charge is -2.05. The minimum absolute atomic E-state index is 0.229. The van der Waals surface area contributed by atoms with E-state index in [0.717, 1.165) is 10.2 Å². The van der Waals surface area contributed by atoms with Gasteiger partial charge in [0, 0.05) is 10.5 Å². The van der Waals surface area contributed by atoms with Gasteiger partial charge < -0.3 is 9.15 Å². The van der Waals surface area contributed by atoms with Gasteiger partial charge >= 0.3 is 5.97 Å². The fraction of sp³-hybridized carbons (Fsp3) is 0.0667. The van der Waals surface area contributed by atoms with E-state index in [0.29, 0.717) is 11.5 Å². The number of aromatic nitrogens is 2. The summed E-state index contributed by atoms with van der Waals surface area (Å²) in [6.45, 7) is 0. The van der Waals surface area contributed by atoms with E-state index in [9.17, 15) is 4.79 Å². The Morgan fingerprint density at radius 3 is 2.67 bits per heavy atom. The molecule has 0 bridgehead atoms. The SMILES string of the molecule is COC(=O)c1cc(-c2ccco2)n(-c2ccc(Br)cc2)n1. The maximum absolute atomic E-state index is 11.7. The predicted molar refractivity (Wildman–Crippen MR) is 80.3 cm³/mol. The van der Waals surface area contributed by atoms with Gasteiger partial charge in [-0.25, -0.2) is 9.48 Å². The van der Waals surface area contributed by atoms with E-state index in [1.807, 2.05) is 30.3 Å². The van der Waals surface area contributed by atoms with E-state index in [4.69, 9.17) is 9.15 Å². The number of rotatable bonds is 3. The summed E-state index contributed by atoms with van der Waals surface area (Å²) < 4.78 is 12.7. The largest absolute Gasteiger partial charge is 0.464 e. The molecule has 0 radical (unpaired) electrons. The van der Waals surface area contributed by atoms with Gasteiger partial charge in [-0.15, -0.1) is 0 Å². The Kier molecular flexibility index (Phi) is 3.62. The van der Waals surface area contributed by atoms with Gasteiger partial charge in [0.15, 0.2) is 11.5 Å². The lowest BCUT2D eigenvalue weighted by Crippen LogP contribution is -2.04. The summed E-state index contributed by atoms with van der Waals surface area (Å²) in [5.74, 6) is 0.138. The number of esters is 1. The molecule has 1 aromatic carbocycles. The Morgan fingerprint density at radius 1 is 1.29 bits per heavy atom. The first-order valence-corrected chi connectivity index (χ1v) is 6.96. The number of carbonyl (C=O) groups is 1. The third kappa shape index (κ3) is 2.62. The van der Waals surface area contributed by atoms with Gasteiger partial charge in [-0.05, 0) is 36.4 Å². The molecule has 3 aromatic rings. The van der Waals surface area contributed by atoms with Gasteiger partial charge in [0.2, 0.25) is 0 Å². The van der Waals surface area contributed by atoms with Crippen molar-refractivity contribution in [3.05, 3.63) is 58.9 Å². The normalized spacial score (nSPS) is 10.6. The van der Waals surface area contributed by atoms with Crippen LogP contribution in [0.4, 0.5) is 0 Å². The second-order valence-electron chi connectivity index (χ2n) is 4.27. The van der Waals surface area contributed by atoms with Crippen LogP contribution < -0.4 is 0 Å². The highest BCUT2D eigenvalue weighted by Crippen LogP contribution is 2.25. The lowest BCUT2D eigenvalue weighted by atomic mass is 10.2. The zero-order valence-corrected chi connectivity index (χ0v) is 12.7. The molecule has 0 fully saturated rings. The molecule has 0 unspecified atom stereocenters. The van der Waals surface area contributed by atoms with Gasteiger partial charge in [-0.1, -0.05) is 15.9 Å². The van der Waals surface area contributed by atoms with E-state index in [1.165, 1.54) is 7.11 Å². The lowest BCUT2D eigenvalue weighted by molar-refractivity contribution is 0.0593. The van der Waals surface area contributed by atoms with Crippen LogP contribution in [0, 0.1) is 0 Å². The zero-order valence-electron chi connectivity index (χ0n) is 11.1. The third-order valence-corrected chi connectivity index (χ3v) is 3.48. The average Bonchev–Trinajstić information content (AvgIpc) is 3.16. The zero-order chi connectivity index (χ0) is 14.8. The van der Waals surface area contributed by atoms with Crippen molar-refractivity contribution in [3.63, 3.8) is 0 Å². The third-order valence-electron chi connectivity index (χ3n) is 2.95. The Morgan fingerprint density at radius 2 is 2.05 bits per heavy atom. The minimum Gasteiger partial charge on any atom is -0.464 e. The number of furan rings is 1. The summed E-state index contributed by atoms with van der Waals surface area (Å²) in [6, 6.07) is 12.8. The molecule has 0 N–H and O–H groups in total. The van der Waals surface area contributed by atoms with Crippen LogP contribution >= 0.6 is 15.9 Å². The highest BCUT2D eigenvalue weighted by Gasteiger charge is 2.18. The second kappa shape index (κ2) is 5.57. The molecule has 0 aliphatic heterocycles. The molecule has 2 aromatic heterocycles. The maximum Gasteiger partial charge on any atom is 0.358 e. The molecule has 0 aliphatic rings. The number of hydrogen-bond donors (Lipinski definition) is 0. The van der Waals surface area contributed by atoms with Crippen molar-refractivity contribution in [1.82, 2.24) is 9.78 Å². The first kappa shape index (κ1) is 13.6. The quantitative estimate of drug-likeness (QED) is 0.678. The monoisotopic (exact) mass is 346 g/mol. The van der Waals surface area contributed by atoms with Gasteiger partial charge in [-0.3, -0.25) is 0 Å². The Bertz CT molecular complexity index is 761. The molecular weight excluding hydrogens is 336 g/mol. The second-order valence-corrected chi connectivity index (χ2v) is 5.19. The molecule has 2 heterocycles. The smallest absolute Gasteiger partial charge is 0.358 e. The van der Waals surface area contributed by atoms with E-state index in [-0.39, 0.29) is 5.69 Å². The molecule has 0 aliphatic carbocycles. The van der Waals surface area contributed by atoms with Crippen LogP contribution in [0.5, 0.6) is 0 Å². The Labute approximate surface area is 129 Å². The van der Waals surface area contributed by atoms with Crippen molar-refractivity contribution in [2.24, 2.45) is 0 Å². The fourth-order valence-electron chi connectivity index (χ4n) is 1.96.